The zero-order chi connectivity index (χ0) is 11.2. The van der Waals surface area contributed by atoms with E-state index in [1.807, 2.05) is 24.6 Å². The van der Waals surface area contributed by atoms with Crippen LogP contribution in [0, 0.1) is 0 Å². The van der Waals surface area contributed by atoms with Gasteiger partial charge in [0.15, 0.2) is 0 Å². The number of hydrogen-bond donors (Lipinski definition) is 1. The first-order valence-corrected chi connectivity index (χ1v) is 7.18. The summed E-state index contributed by atoms with van der Waals surface area (Å²) in [6.45, 7) is 1.08. The van der Waals surface area contributed by atoms with Gasteiger partial charge in [0, 0.05) is 22.4 Å². The highest BCUT2D eigenvalue weighted by atomic mass is 32.1. The molecule has 0 aliphatic heterocycles. The summed E-state index contributed by atoms with van der Waals surface area (Å²) in [6.07, 6.45) is 5.36. The highest BCUT2D eigenvalue weighted by molar-refractivity contribution is 7.12. The summed E-state index contributed by atoms with van der Waals surface area (Å²) < 4.78 is 0. The molecule has 0 aliphatic carbocycles. The van der Waals surface area contributed by atoms with E-state index in [0.29, 0.717) is 0 Å². The van der Waals surface area contributed by atoms with Gasteiger partial charge in [-0.3, -0.25) is 0 Å². The molecule has 86 valence electrons. The van der Waals surface area contributed by atoms with E-state index in [1.165, 1.54) is 21.2 Å². The van der Waals surface area contributed by atoms with Crippen LogP contribution >= 0.6 is 22.7 Å². The minimum absolute atomic E-state index is 0.994. The number of nitrogens with one attached hydrogen (secondary N) is 1. The Morgan fingerprint density at radius 3 is 3.06 bits per heavy atom. The Bertz CT molecular complexity index is 406. The van der Waals surface area contributed by atoms with Gasteiger partial charge in [-0.05, 0) is 37.9 Å². The lowest BCUT2D eigenvalue weighted by Crippen LogP contribution is -2.07. The molecule has 2 rings (SSSR count). The Balaban J connectivity index is 1.87. The average molecular weight is 252 g/mol. The topological polar surface area (TPSA) is 24.9 Å². The molecule has 1 N–H and O–H groups in total. The van der Waals surface area contributed by atoms with Crippen molar-refractivity contribution < 1.29 is 0 Å². The molecule has 0 amide bonds. The van der Waals surface area contributed by atoms with E-state index in [4.69, 9.17) is 0 Å². The quantitative estimate of drug-likeness (QED) is 0.800. The number of thiophene rings is 1. The molecular formula is C12H16N2S2. The molecule has 0 spiro atoms. The van der Waals surface area contributed by atoms with Gasteiger partial charge < -0.3 is 5.32 Å². The Hall–Kier alpha value is -0.710. The largest absolute Gasteiger partial charge is 0.320 e. The number of hydrogen-bond acceptors (Lipinski definition) is 4. The van der Waals surface area contributed by atoms with E-state index >= 15 is 0 Å². The fourth-order valence-electron chi connectivity index (χ4n) is 1.55. The fourth-order valence-corrected chi connectivity index (χ4v) is 3.33. The number of thiazole rings is 1. The SMILES string of the molecule is CNCCCc1cnc(Cc2cccs2)s1. The zero-order valence-corrected chi connectivity index (χ0v) is 11.0. The molecule has 2 heterocycles. The zero-order valence-electron chi connectivity index (χ0n) is 9.40. The summed E-state index contributed by atoms with van der Waals surface area (Å²) in [6, 6.07) is 4.27. The second kappa shape index (κ2) is 6.13. The van der Waals surface area contributed by atoms with E-state index in [2.05, 4.69) is 27.8 Å². The second-order valence-electron chi connectivity index (χ2n) is 3.68. The maximum Gasteiger partial charge on any atom is 0.0979 e. The van der Waals surface area contributed by atoms with Crippen LogP contribution in [0.3, 0.4) is 0 Å². The molecular weight excluding hydrogens is 236 g/mol. The van der Waals surface area contributed by atoms with Crippen molar-refractivity contribution in [2.75, 3.05) is 13.6 Å². The lowest BCUT2D eigenvalue weighted by molar-refractivity contribution is 0.729. The van der Waals surface area contributed by atoms with Crippen LogP contribution in [0.4, 0.5) is 0 Å². The molecule has 0 atom stereocenters. The molecule has 0 saturated carbocycles. The normalized spacial score (nSPS) is 10.8. The first-order chi connectivity index (χ1) is 7.88. The van der Waals surface area contributed by atoms with Crippen molar-refractivity contribution in [1.29, 1.82) is 0 Å². The Morgan fingerprint density at radius 2 is 2.31 bits per heavy atom. The smallest absolute Gasteiger partial charge is 0.0979 e. The van der Waals surface area contributed by atoms with E-state index in [0.717, 1.165) is 19.4 Å². The monoisotopic (exact) mass is 252 g/mol. The van der Waals surface area contributed by atoms with Crippen molar-refractivity contribution in [3.05, 3.63) is 38.5 Å². The van der Waals surface area contributed by atoms with Crippen molar-refractivity contribution in [3.63, 3.8) is 0 Å². The summed E-state index contributed by atoms with van der Waals surface area (Å²) in [4.78, 5) is 7.28. The molecule has 0 bridgehead atoms. The molecule has 2 aromatic heterocycles. The van der Waals surface area contributed by atoms with Crippen LogP contribution in [-0.4, -0.2) is 18.6 Å². The Labute approximate surface area is 104 Å². The molecule has 0 unspecified atom stereocenters. The summed E-state index contributed by atoms with van der Waals surface area (Å²) in [5.41, 5.74) is 0. The van der Waals surface area contributed by atoms with E-state index in [-0.39, 0.29) is 0 Å². The molecule has 4 heteroatoms. The molecule has 0 aromatic carbocycles. The van der Waals surface area contributed by atoms with Crippen LogP contribution in [0.25, 0.3) is 0 Å². The summed E-state index contributed by atoms with van der Waals surface area (Å²) in [5, 5.41) is 6.53. The predicted molar refractivity (Wildman–Crippen MR) is 71.5 cm³/mol. The number of aryl methyl sites for hydroxylation is 1. The van der Waals surface area contributed by atoms with Gasteiger partial charge in [-0.25, -0.2) is 4.98 Å². The van der Waals surface area contributed by atoms with Crippen molar-refractivity contribution in [3.8, 4) is 0 Å². The fraction of sp³-hybridized carbons (Fsp3) is 0.417. The first-order valence-electron chi connectivity index (χ1n) is 5.49. The van der Waals surface area contributed by atoms with E-state index in [1.54, 1.807) is 11.3 Å². The number of rotatable bonds is 6. The van der Waals surface area contributed by atoms with E-state index < -0.39 is 0 Å². The van der Waals surface area contributed by atoms with Crippen molar-refractivity contribution in [2.24, 2.45) is 0 Å². The van der Waals surface area contributed by atoms with Gasteiger partial charge in [-0.1, -0.05) is 6.07 Å². The summed E-state index contributed by atoms with van der Waals surface area (Å²) in [7, 11) is 1.99. The van der Waals surface area contributed by atoms with Gasteiger partial charge in [0.2, 0.25) is 0 Å². The molecule has 0 saturated heterocycles. The second-order valence-corrected chi connectivity index (χ2v) is 5.92. The summed E-state index contributed by atoms with van der Waals surface area (Å²) >= 11 is 3.65. The third kappa shape index (κ3) is 3.40. The maximum atomic E-state index is 4.47. The maximum absolute atomic E-state index is 4.47. The van der Waals surface area contributed by atoms with Crippen LogP contribution in [0.2, 0.25) is 0 Å². The first kappa shape index (κ1) is 11.8. The number of aromatic nitrogens is 1. The molecule has 2 aromatic rings. The molecule has 0 radical (unpaired) electrons. The lowest BCUT2D eigenvalue weighted by atomic mass is 10.3. The van der Waals surface area contributed by atoms with Gasteiger partial charge in [0.05, 0.1) is 5.01 Å². The molecule has 16 heavy (non-hydrogen) atoms. The standard InChI is InChI=1S/C12H16N2S2/c1-13-6-2-4-11-9-14-12(16-11)8-10-5-3-7-15-10/h3,5,7,9,13H,2,4,6,8H2,1H3. The van der Waals surface area contributed by atoms with Gasteiger partial charge in [0.1, 0.15) is 0 Å². The number of nitrogens with zero attached hydrogens (tertiary/aromatic N) is 1. The third-order valence-electron chi connectivity index (χ3n) is 2.36. The van der Waals surface area contributed by atoms with Gasteiger partial charge in [-0.15, -0.1) is 22.7 Å². The Morgan fingerprint density at radius 1 is 1.38 bits per heavy atom. The average Bonchev–Trinajstić information content (AvgIpc) is 2.91. The van der Waals surface area contributed by atoms with Gasteiger partial charge >= 0.3 is 0 Å². The van der Waals surface area contributed by atoms with Crippen LogP contribution in [0.1, 0.15) is 21.2 Å². The molecule has 2 nitrogen and oxygen atoms in total. The van der Waals surface area contributed by atoms with Crippen LogP contribution in [-0.2, 0) is 12.8 Å². The van der Waals surface area contributed by atoms with Crippen molar-refractivity contribution in [2.45, 2.75) is 19.3 Å². The van der Waals surface area contributed by atoms with Crippen molar-refractivity contribution in [1.82, 2.24) is 10.3 Å². The van der Waals surface area contributed by atoms with Crippen LogP contribution < -0.4 is 5.32 Å². The Kier molecular flexibility index (Phi) is 4.51. The minimum atomic E-state index is 0.994. The molecule has 0 fully saturated rings. The lowest BCUT2D eigenvalue weighted by Gasteiger charge is -1.95. The molecule has 0 aliphatic rings. The van der Waals surface area contributed by atoms with Gasteiger partial charge in [0.25, 0.3) is 0 Å². The summed E-state index contributed by atoms with van der Waals surface area (Å²) in [5.74, 6) is 0. The van der Waals surface area contributed by atoms with Crippen LogP contribution in [0.15, 0.2) is 23.7 Å². The van der Waals surface area contributed by atoms with E-state index in [9.17, 15) is 0 Å². The van der Waals surface area contributed by atoms with Crippen LogP contribution in [0.5, 0.6) is 0 Å². The minimum Gasteiger partial charge on any atom is -0.320 e. The highest BCUT2D eigenvalue weighted by Gasteiger charge is 2.03. The third-order valence-corrected chi connectivity index (χ3v) is 4.29. The predicted octanol–water partition coefficient (Wildman–Crippen LogP) is 2.95. The van der Waals surface area contributed by atoms with Crippen molar-refractivity contribution >= 4 is 22.7 Å². The van der Waals surface area contributed by atoms with Gasteiger partial charge in [-0.2, -0.15) is 0 Å². The highest BCUT2D eigenvalue weighted by Crippen LogP contribution is 2.20.